The Morgan fingerprint density at radius 2 is 1.52 bits per heavy atom. The number of carbonyl (C=O) groups excluding carboxylic acids is 1. The number of carbonyl (C=O) groups is 1. The molecule has 0 saturated heterocycles. The summed E-state index contributed by atoms with van der Waals surface area (Å²) in [6.07, 6.45) is 3.34. The predicted molar refractivity (Wildman–Crippen MR) is 86.1 cm³/mol. The van der Waals surface area contributed by atoms with E-state index in [0.717, 1.165) is 16.3 Å². The van der Waals surface area contributed by atoms with Crippen LogP contribution < -0.4 is 0 Å². The summed E-state index contributed by atoms with van der Waals surface area (Å²) in [6, 6.07) is 7.37. The zero-order valence-corrected chi connectivity index (χ0v) is 13.7. The van der Waals surface area contributed by atoms with E-state index in [4.69, 9.17) is 0 Å². The van der Waals surface area contributed by atoms with Crippen LogP contribution in [0, 0.1) is 29.1 Å². The molecule has 140 valence electrons. The number of rotatable bonds is 5. The average molecular weight is 381 g/mol. The Hall–Kier alpha value is -3.03. The standard InChI is InChI=1S/C19H12F5NO2/c20-15-13(16(21)18(23)19(24)17(15)22)9-27-14(26)6-5-11-8-25-7-10-3-1-2-4-12(10)11/h1-4,7-8H,5-6,9H2. The summed E-state index contributed by atoms with van der Waals surface area (Å²) in [7, 11) is 0. The van der Waals surface area contributed by atoms with Gasteiger partial charge in [0.15, 0.2) is 23.3 Å². The summed E-state index contributed by atoms with van der Waals surface area (Å²) in [5.74, 6) is -11.3. The summed E-state index contributed by atoms with van der Waals surface area (Å²) in [5.41, 5.74) is -0.423. The second-order valence-electron chi connectivity index (χ2n) is 5.73. The number of pyridine rings is 1. The van der Waals surface area contributed by atoms with Crippen molar-refractivity contribution in [3.8, 4) is 0 Å². The van der Waals surface area contributed by atoms with Crippen LogP contribution in [0.4, 0.5) is 22.0 Å². The second kappa shape index (κ2) is 7.69. The number of esters is 1. The first kappa shape index (κ1) is 18.8. The Morgan fingerprint density at radius 1 is 0.889 bits per heavy atom. The van der Waals surface area contributed by atoms with Gasteiger partial charge in [-0.05, 0) is 17.4 Å². The maximum absolute atomic E-state index is 13.6. The van der Waals surface area contributed by atoms with Crippen LogP contribution in [-0.2, 0) is 22.6 Å². The minimum absolute atomic E-state index is 0.148. The minimum atomic E-state index is -2.26. The predicted octanol–water partition coefficient (Wildman–Crippen LogP) is 4.61. The van der Waals surface area contributed by atoms with Gasteiger partial charge in [0.25, 0.3) is 0 Å². The first-order chi connectivity index (χ1) is 12.9. The molecule has 3 aromatic rings. The van der Waals surface area contributed by atoms with Gasteiger partial charge in [0, 0.05) is 24.2 Å². The van der Waals surface area contributed by atoms with Gasteiger partial charge in [-0.1, -0.05) is 24.3 Å². The average Bonchev–Trinajstić information content (AvgIpc) is 2.69. The van der Waals surface area contributed by atoms with Crippen molar-refractivity contribution in [1.82, 2.24) is 4.98 Å². The molecule has 0 aliphatic carbocycles. The van der Waals surface area contributed by atoms with Crippen molar-refractivity contribution < 1.29 is 31.5 Å². The van der Waals surface area contributed by atoms with Gasteiger partial charge >= 0.3 is 5.97 Å². The second-order valence-corrected chi connectivity index (χ2v) is 5.73. The number of hydrogen-bond donors (Lipinski definition) is 0. The van der Waals surface area contributed by atoms with Gasteiger partial charge < -0.3 is 4.74 Å². The lowest BCUT2D eigenvalue weighted by Crippen LogP contribution is -2.12. The molecule has 3 nitrogen and oxygen atoms in total. The third-order valence-electron chi connectivity index (χ3n) is 4.03. The molecule has 3 rings (SSSR count). The Kier molecular flexibility index (Phi) is 5.34. The quantitative estimate of drug-likeness (QED) is 0.281. The highest BCUT2D eigenvalue weighted by Gasteiger charge is 2.26. The van der Waals surface area contributed by atoms with E-state index in [9.17, 15) is 26.7 Å². The number of halogens is 5. The minimum Gasteiger partial charge on any atom is -0.461 e. The maximum Gasteiger partial charge on any atom is 0.306 e. The van der Waals surface area contributed by atoms with Crippen molar-refractivity contribution in [2.75, 3.05) is 0 Å². The van der Waals surface area contributed by atoms with Gasteiger partial charge in [-0.25, -0.2) is 22.0 Å². The molecule has 2 aromatic carbocycles. The van der Waals surface area contributed by atoms with Gasteiger partial charge in [0.05, 0.1) is 5.56 Å². The molecular weight excluding hydrogens is 369 g/mol. The van der Waals surface area contributed by atoms with Crippen molar-refractivity contribution in [2.24, 2.45) is 0 Å². The summed E-state index contributed by atoms with van der Waals surface area (Å²) < 4.78 is 71.1. The first-order valence-electron chi connectivity index (χ1n) is 7.87. The van der Waals surface area contributed by atoms with Gasteiger partial charge in [0.2, 0.25) is 5.82 Å². The van der Waals surface area contributed by atoms with Gasteiger partial charge in [0.1, 0.15) is 6.61 Å². The molecule has 0 aliphatic heterocycles. The summed E-state index contributed by atoms with van der Waals surface area (Å²) in [4.78, 5) is 15.9. The highest BCUT2D eigenvalue weighted by molar-refractivity contribution is 5.85. The molecule has 0 unspecified atom stereocenters. The van der Waals surface area contributed by atoms with Crippen LogP contribution in [0.1, 0.15) is 17.5 Å². The van der Waals surface area contributed by atoms with Crippen molar-refractivity contribution >= 4 is 16.7 Å². The molecule has 27 heavy (non-hydrogen) atoms. The molecule has 0 bridgehead atoms. The first-order valence-corrected chi connectivity index (χ1v) is 7.87. The number of aromatic nitrogens is 1. The maximum atomic E-state index is 13.6. The van der Waals surface area contributed by atoms with Gasteiger partial charge in [-0.3, -0.25) is 9.78 Å². The van der Waals surface area contributed by atoms with Crippen molar-refractivity contribution in [2.45, 2.75) is 19.4 Å². The molecule has 0 N–H and O–H groups in total. The molecule has 8 heteroatoms. The summed E-state index contributed by atoms with van der Waals surface area (Å²) in [5, 5.41) is 1.77. The normalized spacial score (nSPS) is 11.0. The van der Waals surface area contributed by atoms with E-state index in [1.54, 1.807) is 12.4 Å². The van der Waals surface area contributed by atoms with Crippen LogP contribution in [0.3, 0.4) is 0 Å². The van der Waals surface area contributed by atoms with E-state index in [2.05, 4.69) is 9.72 Å². The third kappa shape index (κ3) is 3.74. The molecule has 0 fully saturated rings. The highest BCUT2D eigenvalue weighted by atomic mass is 19.2. The van der Waals surface area contributed by atoms with Crippen molar-refractivity contribution in [1.29, 1.82) is 0 Å². The Bertz CT molecular complexity index is 988. The largest absolute Gasteiger partial charge is 0.461 e. The van der Waals surface area contributed by atoms with E-state index in [-0.39, 0.29) is 12.8 Å². The molecule has 0 saturated carbocycles. The Balaban J connectivity index is 1.67. The topological polar surface area (TPSA) is 39.2 Å². The molecular formula is C19H12F5NO2. The number of ether oxygens (including phenoxy) is 1. The van der Waals surface area contributed by atoms with E-state index < -0.39 is 47.2 Å². The number of fused-ring (bicyclic) bond motifs is 1. The van der Waals surface area contributed by atoms with Crippen LogP contribution in [0.15, 0.2) is 36.7 Å². The van der Waals surface area contributed by atoms with Crippen LogP contribution in [-0.4, -0.2) is 11.0 Å². The molecule has 1 heterocycles. The lowest BCUT2D eigenvalue weighted by molar-refractivity contribution is -0.145. The van der Waals surface area contributed by atoms with E-state index in [1.807, 2.05) is 24.3 Å². The lowest BCUT2D eigenvalue weighted by atomic mass is 10.0. The fourth-order valence-corrected chi connectivity index (χ4v) is 2.62. The fraction of sp³-hybridized carbons (Fsp3) is 0.158. The van der Waals surface area contributed by atoms with E-state index in [1.165, 1.54) is 0 Å². The molecule has 0 amide bonds. The SMILES string of the molecule is O=C(CCc1cncc2ccccc12)OCc1c(F)c(F)c(F)c(F)c1F. The molecule has 0 atom stereocenters. The van der Waals surface area contributed by atoms with Crippen LogP contribution in [0.25, 0.3) is 10.8 Å². The lowest BCUT2D eigenvalue weighted by Gasteiger charge is -2.10. The summed E-state index contributed by atoms with van der Waals surface area (Å²) in [6.45, 7) is -1.06. The molecule has 1 aromatic heterocycles. The fourth-order valence-electron chi connectivity index (χ4n) is 2.62. The van der Waals surface area contributed by atoms with Crippen molar-refractivity contribution in [3.63, 3.8) is 0 Å². The Morgan fingerprint density at radius 3 is 2.22 bits per heavy atom. The summed E-state index contributed by atoms with van der Waals surface area (Å²) >= 11 is 0. The van der Waals surface area contributed by atoms with Gasteiger partial charge in [-0.15, -0.1) is 0 Å². The number of nitrogens with zero attached hydrogens (tertiary/aromatic N) is 1. The highest BCUT2D eigenvalue weighted by Crippen LogP contribution is 2.24. The smallest absolute Gasteiger partial charge is 0.306 e. The van der Waals surface area contributed by atoms with Crippen LogP contribution in [0.2, 0.25) is 0 Å². The van der Waals surface area contributed by atoms with Gasteiger partial charge in [-0.2, -0.15) is 0 Å². The number of aryl methyl sites for hydroxylation is 1. The zero-order valence-electron chi connectivity index (χ0n) is 13.7. The molecule has 0 spiro atoms. The molecule has 0 aliphatic rings. The number of hydrogen-bond acceptors (Lipinski definition) is 3. The Labute approximate surface area is 150 Å². The third-order valence-corrected chi connectivity index (χ3v) is 4.03. The van der Waals surface area contributed by atoms with Crippen molar-refractivity contribution in [3.05, 3.63) is 76.9 Å². The zero-order chi connectivity index (χ0) is 19.6. The van der Waals surface area contributed by atoms with E-state index >= 15 is 0 Å². The van der Waals surface area contributed by atoms with Crippen LogP contribution in [0.5, 0.6) is 0 Å². The monoisotopic (exact) mass is 381 g/mol. The molecule has 0 radical (unpaired) electrons. The number of benzene rings is 2. The van der Waals surface area contributed by atoms with E-state index in [0.29, 0.717) is 0 Å². The van der Waals surface area contributed by atoms with Crippen LogP contribution >= 0.6 is 0 Å².